The highest BCUT2D eigenvalue weighted by Gasteiger charge is 2.31. The van der Waals surface area contributed by atoms with Crippen molar-refractivity contribution in [3.8, 4) is 22.5 Å². The Morgan fingerprint density at radius 2 is 0.929 bits per heavy atom. The van der Waals surface area contributed by atoms with Gasteiger partial charge in [0.15, 0.2) is 0 Å². The van der Waals surface area contributed by atoms with E-state index in [9.17, 15) is 0 Å². The molecule has 2 unspecified atom stereocenters. The monoisotopic (exact) mass is 540 g/mol. The molecule has 9 rings (SSSR count). The Morgan fingerprint density at radius 1 is 0.476 bits per heavy atom. The topological polar surface area (TPSA) is 35.6 Å². The first-order valence-electron chi connectivity index (χ1n) is 14.6. The molecule has 42 heavy (non-hydrogen) atoms. The Hall–Kier alpha value is -5.22. The molecule has 4 nitrogen and oxygen atoms in total. The van der Waals surface area contributed by atoms with Gasteiger partial charge in [-0.25, -0.2) is 0 Å². The molecule has 0 spiro atoms. The zero-order chi connectivity index (χ0) is 27.9. The van der Waals surface area contributed by atoms with Crippen molar-refractivity contribution in [2.45, 2.75) is 25.7 Å². The molecule has 2 atom stereocenters. The van der Waals surface area contributed by atoms with Crippen LogP contribution in [0.25, 0.3) is 66.1 Å². The van der Waals surface area contributed by atoms with Crippen molar-refractivity contribution in [2.24, 2.45) is 0 Å². The molecule has 1 aliphatic carbocycles. The molecule has 4 heteroatoms. The SMILES string of the molecule is CC1c2cc3c4ccccc4n(-c4cccnc4)c3cc2-c2cc3c(cc2C1C)c1ccccc1n3-c1cccnc1. The van der Waals surface area contributed by atoms with Gasteiger partial charge in [-0.2, -0.15) is 0 Å². The number of hydrogen-bond donors (Lipinski definition) is 0. The summed E-state index contributed by atoms with van der Waals surface area (Å²) in [5.41, 5.74) is 12.5. The minimum Gasteiger partial charge on any atom is -0.308 e. The number of aromatic nitrogens is 4. The first-order valence-corrected chi connectivity index (χ1v) is 14.6. The van der Waals surface area contributed by atoms with Gasteiger partial charge in [0.25, 0.3) is 0 Å². The number of hydrogen-bond acceptors (Lipinski definition) is 2. The lowest BCUT2D eigenvalue weighted by atomic mass is 9.72. The molecular weight excluding hydrogens is 512 g/mol. The smallest absolute Gasteiger partial charge is 0.0645 e. The summed E-state index contributed by atoms with van der Waals surface area (Å²) < 4.78 is 4.73. The molecule has 8 aromatic rings. The van der Waals surface area contributed by atoms with E-state index in [1.165, 1.54) is 65.9 Å². The molecular formula is C38H28N4. The molecule has 0 aliphatic heterocycles. The van der Waals surface area contributed by atoms with Crippen LogP contribution < -0.4 is 0 Å². The highest BCUT2D eigenvalue weighted by atomic mass is 15.0. The molecule has 0 radical (unpaired) electrons. The van der Waals surface area contributed by atoms with Crippen molar-refractivity contribution in [1.82, 2.24) is 19.1 Å². The summed E-state index contributed by atoms with van der Waals surface area (Å²) in [6.07, 6.45) is 7.59. The van der Waals surface area contributed by atoms with E-state index in [1.807, 2.05) is 36.9 Å². The van der Waals surface area contributed by atoms with Crippen molar-refractivity contribution in [1.29, 1.82) is 0 Å². The van der Waals surface area contributed by atoms with E-state index >= 15 is 0 Å². The summed E-state index contributed by atoms with van der Waals surface area (Å²) in [4.78, 5) is 8.93. The zero-order valence-electron chi connectivity index (χ0n) is 23.5. The van der Waals surface area contributed by atoms with E-state index in [0.29, 0.717) is 11.8 Å². The fourth-order valence-corrected chi connectivity index (χ4v) is 7.35. The quantitative estimate of drug-likeness (QED) is 0.219. The summed E-state index contributed by atoms with van der Waals surface area (Å²) in [5.74, 6) is 0.781. The first kappa shape index (κ1) is 23.5. The fraction of sp³-hybridized carbons (Fsp3) is 0.105. The van der Waals surface area contributed by atoms with E-state index < -0.39 is 0 Å². The fourth-order valence-electron chi connectivity index (χ4n) is 7.35. The Balaban J connectivity index is 1.41. The molecule has 200 valence electrons. The van der Waals surface area contributed by atoms with Gasteiger partial charge in [-0.3, -0.25) is 9.97 Å². The largest absolute Gasteiger partial charge is 0.308 e. The number of pyridine rings is 2. The molecule has 0 saturated heterocycles. The van der Waals surface area contributed by atoms with Crippen LogP contribution in [-0.2, 0) is 0 Å². The van der Waals surface area contributed by atoms with Crippen LogP contribution in [0.2, 0.25) is 0 Å². The van der Waals surface area contributed by atoms with Gasteiger partial charge in [0, 0.05) is 33.9 Å². The van der Waals surface area contributed by atoms with Gasteiger partial charge in [0.1, 0.15) is 0 Å². The average Bonchev–Trinajstić information content (AvgIpc) is 3.55. The summed E-state index contributed by atoms with van der Waals surface area (Å²) >= 11 is 0. The number of para-hydroxylation sites is 2. The number of benzene rings is 4. The maximum atomic E-state index is 4.46. The molecule has 4 aromatic carbocycles. The number of nitrogens with zero attached hydrogens (tertiary/aromatic N) is 4. The third kappa shape index (κ3) is 3.12. The summed E-state index contributed by atoms with van der Waals surface area (Å²) in [7, 11) is 0. The van der Waals surface area contributed by atoms with Crippen LogP contribution in [0.5, 0.6) is 0 Å². The minimum atomic E-state index is 0.390. The summed E-state index contributed by atoms with van der Waals surface area (Å²) in [6, 6.07) is 35.6. The molecule has 0 amide bonds. The van der Waals surface area contributed by atoms with Crippen molar-refractivity contribution in [3.63, 3.8) is 0 Å². The van der Waals surface area contributed by atoms with Gasteiger partial charge in [-0.05, 0) is 94.8 Å². The lowest BCUT2D eigenvalue weighted by molar-refractivity contribution is 0.617. The second-order valence-electron chi connectivity index (χ2n) is 11.6. The molecule has 0 bridgehead atoms. The lowest BCUT2D eigenvalue weighted by Crippen LogP contribution is -2.13. The summed E-state index contributed by atoms with van der Waals surface area (Å²) in [6.45, 7) is 4.78. The van der Waals surface area contributed by atoms with Crippen LogP contribution in [0.3, 0.4) is 0 Å². The number of fused-ring (bicyclic) bond motifs is 9. The lowest BCUT2D eigenvalue weighted by Gasteiger charge is -2.32. The second kappa shape index (κ2) is 8.64. The maximum Gasteiger partial charge on any atom is 0.0645 e. The van der Waals surface area contributed by atoms with E-state index in [0.717, 1.165) is 11.4 Å². The maximum absolute atomic E-state index is 4.46. The summed E-state index contributed by atoms with van der Waals surface area (Å²) in [5, 5.41) is 5.14. The second-order valence-corrected chi connectivity index (χ2v) is 11.6. The standard InChI is InChI=1S/C38H28N4/c1-23-24(2)30-18-34-28-12-4-6-14-36(28)42(26-10-8-16-40-22-26)38(34)20-32(30)31-19-37-33(17-29(23)31)27-11-3-5-13-35(27)41(37)25-9-7-15-39-21-25/h3-24H,1-2H3. The number of rotatable bonds is 2. The van der Waals surface area contributed by atoms with E-state index in [2.05, 4.69) is 118 Å². The first-order chi connectivity index (χ1) is 20.7. The van der Waals surface area contributed by atoms with Gasteiger partial charge < -0.3 is 9.13 Å². The zero-order valence-corrected chi connectivity index (χ0v) is 23.5. The van der Waals surface area contributed by atoms with E-state index in [-0.39, 0.29) is 0 Å². The van der Waals surface area contributed by atoms with Crippen molar-refractivity contribution in [3.05, 3.63) is 133 Å². The average molecular weight is 541 g/mol. The van der Waals surface area contributed by atoms with Crippen LogP contribution in [0.1, 0.15) is 36.8 Å². The van der Waals surface area contributed by atoms with E-state index in [1.54, 1.807) is 0 Å². The third-order valence-corrected chi connectivity index (χ3v) is 9.52. The molecule has 0 fully saturated rings. The van der Waals surface area contributed by atoms with Crippen LogP contribution >= 0.6 is 0 Å². The predicted molar refractivity (Wildman–Crippen MR) is 173 cm³/mol. The van der Waals surface area contributed by atoms with Crippen LogP contribution in [-0.4, -0.2) is 19.1 Å². The van der Waals surface area contributed by atoms with Gasteiger partial charge in [0.05, 0.1) is 45.8 Å². The Bertz CT molecular complexity index is 2160. The minimum absolute atomic E-state index is 0.390. The van der Waals surface area contributed by atoms with Gasteiger partial charge in [0.2, 0.25) is 0 Å². The van der Waals surface area contributed by atoms with Gasteiger partial charge in [-0.15, -0.1) is 0 Å². The highest BCUT2D eigenvalue weighted by molar-refractivity contribution is 6.13. The highest BCUT2D eigenvalue weighted by Crippen LogP contribution is 2.51. The molecule has 4 heterocycles. The molecule has 4 aromatic heterocycles. The van der Waals surface area contributed by atoms with Crippen LogP contribution in [0.15, 0.2) is 122 Å². The predicted octanol–water partition coefficient (Wildman–Crippen LogP) is 9.56. The van der Waals surface area contributed by atoms with Crippen molar-refractivity contribution < 1.29 is 0 Å². The van der Waals surface area contributed by atoms with E-state index in [4.69, 9.17) is 0 Å². The molecule has 0 N–H and O–H groups in total. The normalized spacial score (nSPS) is 16.3. The van der Waals surface area contributed by atoms with Crippen molar-refractivity contribution in [2.75, 3.05) is 0 Å². The van der Waals surface area contributed by atoms with Crippen LogP contribution in [0, 0.1) is 0 Å². The molecule has 1 aliphatic rings. The van der Waals surface area contributed by atoms with Crippen molar-refractivity contribution >= 4 is 43.6 Å². The Labute approximate surface area is 243 Å². The molecule has 0 saturated carbocycles. The third-order valence-electron chi connectivity index (χ3n) is 9.52. The van der Waals surface area contributed by atoms with Crippen LogP contribution in [0.4, 0.5) is 0 Å². The van der Waals surface area contributed by atoms with Gasteiger partial charge in [-0.1, -0.05) is 50.2 Å². The Morgan fingerprint density at radius 3 is 1.36 bits per heavy atom. The Kier molecular flexibility index (Phi) is 4.83. The van der Waals surface area contributed by atoms with Gasteiger partial charge >= 0.3 is 0 Å².